The van der Waals surface area contributed by atoms with Crippen LogP contribution < -0.4 is 10.1 Å². The Bertz CT molecular complexity index is 494. The Morgan fingerprint density at radius 1 is 1.37 bits per heavy atom. The molecule has 2 aliphatic heterocycles. The molecule has 0 saturated carbocycles. The summed E-state index contributed by atoms with van der Waals surface area (Å²) in [7, 11) is 1.48. The monoisotopic (exact) mass is 264 g/mol. The van der Waals surface area contributed by atoms with Gasteiger partial charge in [0.15, 0.2) is 0 Å². The lowest BCUT2D eigenvalue weighted by Gasteiger charge is -2.18. The van der Waals surface area contributed by atoms with Gasteiger partial charge in [-0.3, -0.25) is 4.79 Å². The number of fused-ring (bicyclic) bond motifs is 1. The van der Waals surface area contributed by atoms with Gasteiger partial charge in [0, 0.05) is 32.2 Å². The smallest absolute Gasteiger partial charge is 0.256 e. The van der Waals surface area contributed by atoms with E-state index in [0.29, 0.717) is 17.6 Å². The van der Waals surface area contributed by atoms with Crippen molar-refractivity contribution >= 4 is 5.91 Å². The van der Waals surface area contributed by atoms with Crippen LogP contribution in [0.2, 0.25) is 0 Å². The van der Waals surface area contributed by atoms with Crippen molar-refractivity contribution in [1.82, 2.24) is 10.2 Å². The molecule has 2 heterocycles. The highest BCUT2D eigenvalue weighted by Crippen LogP contribution is 2.28. The third kappa shape index (κ3) is 2.18. The molecule has 0 unspecified atom stereocenters. The maximum atomic E-state index is 13.9. The second-order valence-corrected chi connectivity index (χ2v) is 5.23. The molecule has 0 spiro atoms. The van der Waals surface area contributed by atoms with Gasteiger partial charge in [0.2, 0.25) is 0 Å². The van der Waals surface area contributed by atoms with Gasteiger partial charge in [-0.05, 0) is 24.0 Å². The van der Waals surface area contributed by atoms with Crippen molar-refractivity contribution in [3.8, 4) is 5.75 Å². The van der Waals surface area contributed by atoms with Crippen LogP contribution in [0.5, 0.6) is 5.75 Å². The molecule has 3 rings (SSSR count). The molecule has 19 heavy (non-hydrogen) atoms. The second-order valence-electron chi connectivity index (χ2n) is 5.23. The first-order valence-corrected chi connectivity index (χ1v) is 6.52. The van der Waals surface area contributed by atoms with E-state index in [0.717, 1.165) is 26.2 Å². The van der Waals surface area contributed by atoms with Gasteiger partial charge in [0.25, 0.3) is 5.91 Å². The minimum absolute atomic E-state index is 0.133. The molecule has 4 nitrogen and oxygen atoms in total. The fourth-order valence-electron chi connectivity index (χ4n) is 2.99. The number of halogens is 1. The van der Waals surface area contributed by atoms with E-state index < -0.39 is 5.82 Å². The van der Waals surface area contributed by atoms with E-state index in [2.05, 4.69) is 5.32 Å². The summed E-state index contributed by atoms with van der Waals surface area (Å²) < 4.78 is 18.8. The van der Waals surface area contributed by atoms with Crippen LogP contribution in [0, 0.1) is 17.7 Å². The van der Waals surface area contributed by atoms with Gasteiger partial charge in [-0.2, -0.15) is 0 Å². The number of hydrogen-bond donors (Lipinski definition) is 1. The molecule has 0 aromatic heterocycles. The van der Waals surface area contributed by atoms with Crippen molar-refractivity contribution in [2.75, 3.05) is 33.3 Å². The van der Waals surface area contributed by atoms with Gasteiger partial charge in [0.05, 0.1) is 12.7 Å². The third-order valence-corrected chi connectivity index (χ3v) is 4.08. The maximum Gasteiger partial charge on any atom is 0.256 e. The van der Waals surface area contributed by atoms with E-state index in [1.807, 2.05) is 0 Å². The molecule has 5 heteroatoms. The van der Waals surface area contributed by atoms with Crippen LogP contribution in [-0.4, -0.2) is 44.1 Å². The summed E-state index contributed by atoms with van der Waals surface area (Å²) in [5.41, 5.74) is 0.133. The molecule has 1 aromatic carbocycles. The first-order chi connectivity index (χ1) is 9.19. The largest absolute Gasteiger partial charge is 0.497 e. The summed E-state index contributed by atoms with van der Waals surface area (Å²) in [6.07, 6.45) is 0. The number of benzene rings is 1. The van der Waals surface area contributed by atoms with E-state index in [1.54, 1.807) is 11.0 Å². The number of carbonyl (C=O) groups is 1. The average Bonchev–Trinajstić information content (AvgIpc) is 2.98. The Hall–Kier alpha value is -1.62. The molecule has 102 valence electrons. The topological polar surface area (TPSA) is 41.6 Å². The number of nitrogens with one attached hydrogen (secondary N) is 1. The molecule has 1 aromatic rings. The Labute approximate surface area is 111 Å². The van der Waals surface area contributed by atoms with Crippen LogP contribution in [-0.2, 0) is 0 Å². The molecule has 2 aliphatic rings. The quantitative estimate of drug-likeness (QED) is 0.870. The second kappa shape index (κ2) is 4.81. The van der Waals surface area contributed by atoms with E-state index in [-0.39, 0.29) is 11.5 Å². The number of likely N-dealkylation sites (tertiary alicyclic amines) is 1. The van der Waals surface area contributed by atoms with Crippen LogP contribution in [0.25, 0.3) is 0 Å². The number of amides is 1. The molecule has 0 bridgehead atoms. The fraction of sp³-hybridized carbons (Fsp3) is 0.500. The zero-order valence-electron chi connectivity index (χ0n) is 10.9. The molecule has 2 atom stereocenters. The van der Waals surface area contributed by atoms with Gasteiger partial charge in [0.1, 0.15) is 11.6 Å². The van der Waals surface area contributed by atoms with E-state index in [9.17, 15) is 9.18 Å². The van der Waals surface area contributed by atoms with E-state index >= 15 is 0 Å². The molecular weight excluding hydrogens is 247 g/mol. The van der Waals surface area contributed by atoms with E-state index in [1.165, 1.54) is 19.2 Å². The first kappa shape index (κ1) is 12.4. The lowest BCUT2D eigenvalue weighted by atomic mass is 10.0. The van der Waals surface area contributed by atoms with Crippen molar-refractivity contribution in [1.29, 1.82) is 0 Å². The SMILES string of the molecule is COc1ccc(C(=O)N2C[C@H]3CNC[C@H]3C2)c(F)c1. The van der Waals surface area contributed by atoms with Crippen LogP contribution in [0.1, 0.15) is 10.4 Å². The van der Waals surface area contributed by atoms with Crippen molar-refractivity contribution in [3.63, 3.8) is 0 Å². The molecule has 0 aliphatic carbocycles. The zero-order chi connectivity index (χ0) is 13.4. The Morgan fingerprint density at radius 2 is 2.05 bits per heavy atom. The summed E-state index contributed by atoms with van der Waals surface area (Å²) >= 11 is 0. The van der Waals surface area contributed by atoms with Crippen molar-refractivity contribution < 1.29 is 13.9 Å². The minimum Gasteiger partial charge on any atom is -0.497 e. The Balaban J connectivity index is 1.77. The molecular formula is C14H17FN2O2. The molecule has 2 saturated heterocycles. The Kier molecular flexibility index (Phi) is 3.14. The lowest BCUT2D eigenvalue weighted by molar-refractivity contribution is 0.0777. The molecule has 1 amide bonds. The van der Waals surface area contributed by atoms with Crippen molar-refractivity contribution in [3.05, 3.63) is 29.6 Å². The number of ether oxygens (including phenoxy) is 1. The number of methoxy groups -OCH3 is 1. The summed E-state index contributed by atoms with van der Waals surface area (Å²) in [6.45, 7) is 3.36. The minimum atomic E-state index is -0.514. The van der Waals surface area contributed by atoms with Crippen LogP contribution in [0.4, 0.5) is 4.39 Å². The first-order valence-electron chi connectivity index (χ1n) is 6.52. The standard InChI is InChI=1S/C14H17FN2O2/c1-19-11-2-3-12(13(15)4-11)14(18)17-7-9-5-16-6-10(9)8-17/h2-4,9-10,16H,5-8H2,1H3/t9-,10+. The van der Waals surface area contributed by atoms with Gasteiger partial charge >= 0.3 is 0 Å². The normalized spacial score (nSPS) is 25.5. The van der Waals surface area contributed by atoms with Crippen molar-refractivity contribution in [2.45, 2.75) is 0 Å². The predicted molar refractivity (Wildman–Crippen MR) is 68.7 cm³/mol. The summed E-state index contributed by atoms with van der Waals surface area (Å²) in [5, 5.41) is 3.32. The Morgan fingerprint density at radius 3 is 2.63 bits per heavy atom. The van der Waals surface area contributed by atoms with Crippen LogP contribution in [0.15, 0.2) is 18.2 Å². The maximum absolute atomic E-state index is 13.9. The van der Waals surface area contributed by atoms with Crippen molar-refractivity contribution in [2.24, 2.45) is 11.8 Å². The fourth-order valence-corrected chi connectivity index (χ4v) is 2.99. The highest BCUT2D eigenvalue weighted by molar-refractivity contribution is 5.94. The molecule has 1 N–H and O–H groups in total. The van der Waals surface area contributed by atoms with Gasteiger partial charge in [-0.15, -0.1) is 0 Å². The highest BCUT2D eigenvalue weighted by Gasteiger charge is 2.38. The van der Waals surface area contributed by atoms with E-state index in [4.69, 9.17) is 4.74 Å². The van der Waals surface area contributed by atoms with Crippen LogP contribution >= 0.6 is 0 Å². The highest BCUT2D eigenvalue weighted by atomic mass is 19.1. The van der Waals surface area contributed by atoms with Crippen LogP contribution in [0.3, 0.4) is 0 Å². The average molecular weight is 264 g/mol. The number of hydrogen-bond acceptors (Lipinski definition) is 3. The number of carbonyl (C=O) groups excluding carboxylic acids is 1. The van der Waals surface area contributed by atoms with Gasteiger partial charge < -0.3 is 15.0 Å². The summed E-state index contributed by atoms with van der Waals surface area (Å²) in [4.78, 5) is 14.1. The number of rotatable bonds is 2. The summed E-state index contributed by atoms with van der Waals surface area (Å²) in [6, 6.07) is 4.38. The van der Waals surface area contributed by atoms with Gasteiger partial charge in [-0.25, -0.2) is 4.39 Å². The lowest BCUT2D eigenvalue weighted by Crippen LogP contribution is -2.32. The summed E-state index contributed by atoms with van der Waals surface area (Å²) in [5.74, 6) is 0.737. The molecule has 2 fully saturated rings. The predicted octanol–water partition coefficient (Wildman–Crippen LogP) is 1.13. The zero-order valence-corrected chi connectivity index (χ0v) is 10.9. The number of nitrogens with zero attached hydrogens (tertiary/aromatic N) is 1. The van der Waals surface area contributed by atoms with Gasteiger partial charge in [-0.1, -0.05) is 0 Å². The molecule has 0 radical (unpaired) electrons. The third-order valence-electron chi connectivity index (χ3n) is 4.08.